The van der Waals surface area contributed by atoms with Gasteiger partial charge in [-0.2, -0.15) is 4.31 Å². The summed E-state index contributed by atoms with van der Waals surface area (Å²) in [6.07, 6.45) is 4.52. The Morgan fingerprint density at radius 2 is 1.88 bits per heavy atom. The van der Waals surface area contributed by atoms with Crippen molar-refractivity contribution in [1.29, 1.82) is 0 Å². The van der Waals surface area contributed by atoms with Gasteiger partial charge in [0, 0.05) is 41.3 Å². The largest absolute Gasteiger partial charge is 0.411 e. The van der Waals surface area contributed by atoms with E-state index in [9.17, 15) is 13.2 Å². The maximum atomic E-state index is 13.0. The first kappa shape index (κ1) is 22.8. The smallest absolute Gasteiger partial charge is 0.277 e. The van der Waals surface area contributed by atoms with Crippen LogP contribution in [-0.2, 0) is 10.0 Å². The van der Waals surface area contributed by atoms with Gasteiger partial charge in [-0.1, -0.05) is 42.4 Å². The molecule has 0 amide bonds. The van der Waals surface area contributed by atoms with Crippen molar-refractivity contribution in [1.82, 2.24) is 19.5 Å². The van der Waals surface area contributed by atoms with Crippen LogP contribution in [0.15, 0.2) is 69.3 Å². The highest BCUT2D eigenvalue weighted by molar-refractivity contribution is 8.00. The van der Waals surface area contributed by atoms with Crippen LogP contribution < -0.4 is 0 Å². The van der Waals surface area contributed by atoms with Crippen LogP contribution in [0.1, 0.15) is 36.5 Å². The standard InChI is InChI=1S/C24H24N4O4S2/c1-16(22(29)20-15-25-21-11-4-3-10-19(20)21)33-24-27-26-23(32-24)17-8-7-9-18(14-17)34(30,31)28-12-5-2-6-13-28/h3-4,7-11,14-16,25H,2,5-6,12-13H2,1H3/t16-/m1/s1. The van der Waals surface area contributed by atoms with Gasteiger partial charge in [-0.25, -0.2) is 8.42 Å². The van der Waals surface area contributed by atoms with Crippen LogP contribution in [-0.4, -0.2) is 52.0 Å². The van der Waals surface area contributed by atoms with Crippen molar-refractivity contribution in [2.24, 2.45) is 0 Å². The molecule has 34 heavy (non-hydrogen) atoms. The Bertz CT molecular complexity index is 1440. The monoisotopic (exact) mass is 496 g/mol. The Morgan fingerprint density at radius 1 is 1.09 bits per heavy atom. The van der Waals surface area contributed by atoms with E-state index in [1.807, 2.05) is 24.3 Å². The van der Waals surface area contributed by atoms with Gasteiger partial charge in [-0.15, -0.1) is 10.2 Å². The molecule has 5 rings (SSSR count). The summed E-state index contributed by atoms with van der Waals surface area (Å²) in [6, 6.07) is 14.2. The van der Waals surface area contributed by atoms with E-state index in [0.29, 0.717) is 24.2 Å². The molecule has 0 aliphatic carbocycles. The van der Waals surface area contributed by atoms with Crippen LogP contribution in [0.2, 0.25) is 0 Å². The number of carbonyl (C=O) groups excluding carboxylic acids is 1. The predicted molar refractivity (Wildman–Crippen MR) is 130 cm³/mol. The molecule has 2 aromatic carbocycles. The lowest BCUT2D eigenvalue weighted by molar-refractivity contribution is 0.0995. The van der Waals surface area contributed by atoms with Gasteiger partial charge in [0.1, 0.15) is 0 Å². The molecular formula is C24H24N4O4S2. The van der Waals surface area contributed by atoms with Crippen molar-refractivity contribution in [2.75, 3.05) is 13.1 Å². The third-order valence-corrected chi connectivity index (χ3v) is 8.77. The number of nitrogens with one attached hydrogen (secondary N) is 1. The number of benzene rings is 2. The zero-order valence-electron chi connectivity index (χ0n) is 18.6. The Morgan fingerprint density at radius 3 is 2.71 bits per heavy atom. The molecule has 1 saturated heterocycles. The molecule has 1 aliphatic rings. The molecule has 0 bridgehead atoms. The van der Waals surface area contributed by atoms with E-state index in [4.69, 9.17) is 4.42 Å². The number of fused-ring (bicyclic) bond motifs is 1. The second-order valence-electron chi connectivity index (χ2n) is 8.24. The minimum absolute atomic E-state index is 0.0446. The molecule has 10 heteroatoms. The van der Waals surface area contributed by atoms with E-state index in [-0.39, 0.29) is 21.8 Å². The van der Waals surface area contributed by atoms with Crippen LogP contribution in [0.25, 0.3) is 22.4 Å². The van der Waals surface area contributed by atoms with Gasteiger partial charge in [0.2, 0.25) is 15.9 Å². The molecule has 1 atom stereocenters. The van der Waals surface area contributed by atoms with Crippen LogP contribution in [0.4, 0.5) is 0 Å². The minimum Gasteiger partial charge on any atom is -0.411 e. The summed E-state index contributed by atoms with van der Waals surface area (Å²) < 4.78 is 33.3. The Hall–Kier alpha value is -2.95. The number of H-pyrrole nitrogens is 1. The predicted octanol–water partition coefficient (Wildman–Crippen LogP) is 4.76. The molecule has 0 radical (unpaired) electrons. The van der Waals surface area contributed by atoms with Crippen molar-refractivity contribution < 1.29 is 17.6 Å². The van der Waals surface area contributed by atoms with Crippen molar-refractivity contribution in [3.05, 3.63) is 60.3 Å². The molecule has 176 valence electrons. The Labute approximate surface area is 201 Å². The van der Waals surface area contributed by atoms with E-state index >= 15 is 0 Å². The number of rotatable bonds is 7. The molecule has 8 nitrogen and oxygen atoms in total. The quantitative estimate of drug-likeness (QED) is 0.290. The molecule has 0 unspecified atom stereocenters. The van der Waals surface area contributed by atoms with Gasteiger partial charge >= 0.3 is 0 Å². The number of aromatic amines is 1. The van der Waals surface area contributed by atoms with Crippen molar-refractivity contribution in [2.45, 2.75) is 41.6 Å². The topological polar surface area (TPSA) is 109 Å². The second-order valence-corrected chi connectivity index (χ2v) is 11.5. The maximum absolute atomic E-state index is 13.0. The highest BCUT2D eigenvalue weighted by atomic mass is 32.2. The summed E-state index contributed by atoms with van der Waals surface area (Å²) in [5.41, 5.74) is 2.04. The maximum Gasteiger partial charge on any atom is 0.277 e. The lowest BCUT2D eigenvalue weighted by Crippen LogP contribution is -2.35. The van der Waals surface area contributed by atoms with Gasteiger partial charge in [-0.05, 0) is 44.0 Å². The summed E-state index contributed by atoms with van der Waals surface area (Å²) in [7, 11) is -3.57. The number of hydrogen-bond donors (Lipinski definition) is 1. The number of nitrogens with zero attached hydrogens (tertiary/aromatic N) is 3. The number of sulfonamides is 1. The minimum atomic E-state index is -3.57. The summed E-state index contributed by atoms with van der Waals surface area (Å²) in [5.74, 6) is 0.168. The third-order valence-electron chi connectivity index (χ3n) is 5.94. The van der Waals surface area contributed by atoms with E-state index in [0.717, 1.165) is 30.2 Å². The fraction of sp³-hybridized carbons (Fsp3) is 0.292. The summed E-state index contributed by atoms with van der Waals surface area (Å²) in [4.78, 5) is 16.3. The van der Waals surface area contributed by atoms with Gasteiger partial charge in [0.25, 0.3) is 5.22 Å². The normalized spacial score (nSPS) is 16.0. The average molecular weight is 497 g/mol. The van der Waals surface area contributed by atoms with Gasteiger partial charge < -0.3 is 9.40 Å². The van der Waals surface area contributed by atoms with E-state index in [2.05, 4.69) is 15.2 Å². The molecule has 0 saturated carbocycles. The number of thioether (sulfide) groups is 1. The Balaban J connectivity index is 1.33. The first-order valence-corrected chi connectivity index (χ1v) is 13.5. The van der Waals surface area contributed by atoms with E-state index < -0.39 is 15.3 Å². The van der Waals surface area contributed by atoms with Crippen LogP contribution in [0.5, 0.6) is 0 Å². The fourth-order valence-corrected chi connectivity index (χ4v) is 6.43. The van der Waals surface area contributed by atoms with Crippen molar-refractivity contribution >= 4 is 38.5 Å². The number of Topliss-reactive ketones (excluding diaryl/α,β-unsaturated/α-hetero) is 1. The van der Waals surface area contributed by atoms with Crippen LogP contribution >= 0.6 is 11.8 Å². The molecular weight excluding hydrogens is 472 g/mol. The summed E-state index contributed by atoms with van der Waals surface area (Å²) in [5, 5.41) is 8.83. The summed E-state index contributed by atoms with van der Waals surface area (Å²) in [6.45, 7) is 2.87. The SMILES string of the molecule is C[C@@H](Sc1nnc(-c2cccc(S(=O)(=O)N3CCCCC3)c2)o1)C(=O)c1c[nH]c2ccccc12. The number of ketones is 1. The second kappa shape index (κ2) is 9.36. The van der Waals surface area contributed by atoms with Gasteiger partial charge in [0.15, 0.2) is 5.78 Å². The van der Waals surface area contributed by atoms with Crippen LogP contribution in [0.3, 0.4) is 0 Å². The Kier molecular flexibility index (Phi) is 6.28. The molecule has 4 aromatic rings. The zero-order valence-corrected chi connectivity index (χ0v) is 20.2. The molecule has 3 heterocycles. The van der Waals surface area contributed by atoms with Crippen molar-refractivity contribution in [3.8, 4) is 11.5 Å². The molecule has 1 N–H and O–H groups in total. The number of aromatic nitrogens is 3. The summed E-state index contributed by atoms with van der Waals surface area (Å²) >= 11 is 1.18. The fourth-order valence-electron chi connectivity index (χ4n) is 4.12. The lowest BCUT2D eigenvalue weighted by Gasteiger charge is -2.25. The first-order valence-electron chi connectivity index (χ1n) is 11.1. The number of para-hydroxylation sites is 1. The first-order chi connectivity index (χ1) is 16.4. The van der Waals surface area contributed by atoms with E-state index in [1.54, 1.807) is 37.4 Å². The lowest BCUT2D eigenvalue weighted by atomic mass is 10.1. The number of carbonyl (C=O) groups is 1. The molecule has 0 spiro atoms. The van der Waals surface area contributed by atoms with Crippen molar-refractivity contribution in [3.63, 3.8) is 0 Å². The number of piperidine rings is 1. The van der Waals surface area contributed by atoms with Gasteiger partial charge in [-0.3, -0.25) is 4.79 Å². The molecule has 2 aromatic heterocycles. The number of hydrogen-bond acceptors (Lipinski definition) is 7. The molecule has 1 aliphatic heterocycles. The average Bonchev–Trinajstić information content (AvgIpc) is 3.51. The zero-order chi connectivity index (χ0) is 23.7. The highest BCUT2D eigenvalue weighted by Gasteiger charge is 2.27. The van der Waals surface area contributed by atoms with Gasteiger partial charge in [0.05, 0.1) is 10.1 Å². The molecule has 1 fully saturated rings. The van der Waals surface area contributed by atoms with E-state index in [1.165, 1.54) is 16.1 Å². The van der Waals surface area contributed by atoms with Crippen LogP contribution in [0, 0.1) is 0 Å². The highest BCUT2D eigenvalue weighted by Crippen LogP contribution is 2.31. The third kappa shape index (κ3) is 4.40.